The van der Waals surface area contributed by atoms with E-state index in [4.69, 9.17) is 4.74 Å². The van der Waals surface area contributed by atoms with Gasteiger partial charge in [-0.15, -0.1) is 0 Å². The van der Waals surface area contributed by atoms with Gasteiger partial charge in [0.25, 0.3) is 0 Å². The Morgan fingerprint density at radius 2 is 2.19 bits per heavy atom. The molecule has 2 fully saturated rings. The minimum absolute atomic E-state index is 0.101. The van der Waals surface area contributed by atoms with E-state index >= 15 is 0 Å². The van der Waals surface area contributed by atoms with Crippen LogP contribution in [-0.2, 0) is 11.3 Å². The van der Waals surface area contributed by atoms with Crippen LogP contribution in [0.5, 0.6) is 0 Å². The number of pyridine rings is 1. The molecule has 2 aromatic rings. The number of carbonyl (C=O) groups excluding carboxylic acids is 1. The van der Waals surface area contributed by atoms with Crippen LogP contribution in [0, 0.1) is 5.41 Å². The van der Waals surface area contributed by atoms with Crippen LogP contribution in [0.3, 0.4) is 0 Å². The summed E-state index contributed by atoms with van der Waals surface area (Å²) >= 11 is 0. The topological polar surface area (TPSA) is 93.1 Å². The summed E-state index contributed by atoms with van der Waals surface area (Å²) < 4.78 is 7.23. The van der Waals surface area contributed by atoms with Crippen molar-refractivity contribution in [1.29, 1.82) is 0 Å². The van der Waals surface area contributed by atoms with Crippen LogP contribution < -0.4 is 16.0 Å². The number of anilines is 1. The Morgan fingerprint density at radius 3 is 3.00 bits per heavy atom. The minimum Gasteiger partial charge on any atom is -0.381 e. The summed E-state index contributed by atoms with van der Waals surface area (Å²) in [6.07, 6.45) is 5.37. The van der Waals surface area contributed by atoms with E-state index in [1.54, 1.807) is 23.1 Å². The second kappa shape index (κ2) is 7.43. The third-order valence-corrected chi connectivity index (χ3v) is 5.35. The Hall–Kier alpha value is -2.45. The first kappa shape index (κ1) is 17.0. The summed E-state index contributed by atoms with van der Waals surface area (Å²) in [5, 5.41) is 13.8. The molecule has 1 atom stereocenters. The molecule has 1 spiro atoms. The zero-order valence-electron chi connectivity index (χ0n) is 14.6. The molecule has 4 rings (SSSR count). The third kappa shape index (κ3) is 3.56. The fourth-order valence-electron chi connectivity index (χ4n) is 3.83. The molecule has 26 heavy (non-hydrogen) atoms. The quantitative estimate of drug-likeness (QED) is 0.766. The molecular weight excluding hydrogens is 332 g/mol. The lowest BCUT2D eigenvalue weighted by Gasteiger charge is -2.38. The molecule has 0 bridgehead atoms. The van der Waals surface area contributed by atoms with Crippen LogP contribution >= 0.6 is 0 Å². The molecule has 1 unspecified atom stereocenters. The van der Waals surface area contributed by atoms with Gasteiger partial charge < -0.3 is 15.4 Å². The van der Waals surface area contributed by atoms with Crippen LogP contribution in [0.15, 0.2) is 36.7 Å². The van der Waals surface area contributed by atoms with Gasteiger partial charge in [-0.2, -0.15) is 5.10 Å². The number of nitrogens with one attached hydrogen (secondary N) is 3. The van der Waals surface area contributed by atoms with Gasteiger partial charge in [0.2, 0.25) is 0 Å². The summed E-state index contributed by atoms with van der Waals surface area (Å²) in [5.41, 5.74) is 0.991. The van der Waals surface area contributed by atoms with E-state index in [1.807, 2.05) is 18.2 Å². The molecule has 2 aliphatic rings. The molecule has 3 N–H and O–H groups in total. The third-order valence-electron chi connectivity index (χ3n) is 5.35. The van der Waals surface area contributed by atoms with Crippen molar-refractivity contribution in [2.24, 2.45) is 5.41 Å². The molecule has 0 radical (unpaired) electrons. The number of carbonyl (C=O) groups is 1. The van der Waals surface area contributed by atoms with Gasteiger partial charge in [-0.05, 0) is 25.0 Å². The van der Waals surface area contributed by atoms with E-state index in [-0.39, 0.29) is 17.5 Å². The van der Waals surface area contributed by atoms with E-state index in [0.717, 1.165) is 44.8 Å². The summed E-state index contributed by atoms with van der Waals surface area (Å²) in [7, 11) is 0. The average molecular weight is 356 g/mol. The van der Waals surface area contributed by atoms with Crippen molar-refractivity contribution in [3.05, 3.63) is 42.4 Å². The van der Waals surface area contributed by atoms with Crippen molar-refractivity contribution in [2.45, 2.75) is 25.4 Å². The molecule has 4 heterocycles. The largest absolute Gasteiger partial charge is 0.381 e. The summed E-state index contributed by atoms with van der Waals surface area (Å²) in [6.45, 7) is 3.76. The molecule has 138 valence electrons. The average Bonchev–Trinajstić information content (AvgIpc) is 3.24. The number of aromatic nitrogens is 3. The maximum absolute atomic E-state index is 12.6. The Morgan fingerprint density at radius 1 is 1.31 bits per heavy atom. The minimum atomic E-state index is -0.202. The standard InChI is InChI=1S/C18H24N6O2/c25-17(22-15-11-19-13-18(15)5-9-26-10-6-18)23-16-4-8-21-24(16)12-14-3-1-2-7-20-14/h1-4,7-8,15,19H,5-6,9-13H2,(H2,22,23,25). The molecule has 2 aliphatic heterocycles. The van der Waals surface area contributed by atoms with Gasteiger partial charge in [0.15, 0.2) is 0 Å². The van der Waals surface area contributed by atoms with Crippen molar-refractivity contribution < 1.29 is 9.53 Å². The number of nitrogens with zero attached hydrogens (tertiary/aromatic N) is 3. The van der Waals surface area contributed by atoms with Crippen LogP contribution in [-0.4, -0.2) is 53.1 Å². The summed E-state index contributed by atoms with van der Waals surface area (Å²) in [6, 6.07) is 7.45. The monoisotopic (exact) mass is 356 g/mol. The number of rotatable bonds is 4. The Labute approximate surface area is 152 Å². The molecule has 8 heteroatoms. The van der Waals surface area contributed by atoms with Crippen LogP contribution in [0.2, 0.25) is 0 Å². The van der Waals surface area contributed by atoms with E-state index in [1.165, 1.54) is 0 Å². The predicted octanol–water partition coefficient (Wildman–Crippen LogP) is 1.22. The maximum Gasteiger partial charge on any atom is 0.320 e. The first-order valence-electron chi connectivity index (χ1n) is 9.03. The van der Waals surface area contributed by atoms with Gasteiger partial charge in [-0.25, -0.2) is 9.48 Å². The molecule has 8 nitrogen and oxygen atoms in total. The van der Waals surface area contributed by atoms with E-state index in [0.29, 0.717) is 12.4 Å². The highest BCUT2D eigenvalue weighted by molar-refractivity contribution is 5.88. The number of ether oxygens (including phenoxy) is 1. The molecule has 0 aromatic carbocycles. The number of hydrogen-bond donors (Lipinski definition) is 3. The smallest absolute Gasteiger partial charge is 0.320 e. The van der Waals surface area contributed by atoms with Crippen molar-refractivity contribution in [1.82, 2.24) is 25.4 Å². The fourth-order valence-corrected chi connectivity index (χ4v) is 3.83. The number of hydrogen-bond acceptors (Lipinski definition) is 5. The van der Waals surface area contributed by atoms with Gasteiger partial charge in [0.05, 0.1) is 24.5 Å². The van der Waals surface area contributed by atoms with Crippen molar-refractivity contribution in [2.75, 3.05) is 31.6 Å². The SMILES string of the molecule is O=C(Nc1ccnn1Cc1ccccn1)NC1CNCC12CCOCC2. The van der Waals surface area contributed by atoms with Crippen molar-refractivity contribution >= 4 is 11.8 Å². The molecule has 2 saturated heterocycles. The van der Waals surface area contributed by atoms with E-state index < -0.39 is 0 Å². The first-order chi connectivity index (χ1) is 12.8. The van der Waals surface area contributed by atoms with Crippen molar-refractivity contribution in [3.8, 4) is 0 Å². The first-order valence-corrected chi connectivity index (χ1v) is 9.03. The van der Waals surface area contributed by atoms with E-state index in [2.05, 4.69) is 26.0 Å². The zero-order chi connectivity index (χ0) is 17.8. The highest BCUT2D eigenvalue weighted by Crippen LogP contribution is 2.36. The Bertz CT molecular complexity index is 741. The van der Waals surface area contributed by atoms with Gasteiger partial charge in [-0.1, -0.05) is 6.07 Å². The lowest BCUT2D eigenvalue weighted by molar-refractivity contribution is 0.0138. The summed E-state index contributed by atoms with van der Waals surface area (Å²) in [5.74, 6) is 0.653. The highest BCUT2D eigenvalue weighted by Gasteiger charge is 2.44. The lowest BCUT2D eigenvalue weighted by atomic mass is 9.76. The normalized spacial score (nSPS) is 21.6. The Kier molecular flexibility index (Phi) is 4.85. The molecule has 0 saturated carbocycles. The maximum atomic E-state index is 12.6. The number of urea groups is 1. The van der Waals surface area contributed by atoms with Crippen LogP contribution in [0.4, 0.5) is 10.6 Å². The van der Waals surface area contributed by atoms with E-state index in [9.17, 15) is 4.79 Å². The van der Waals surface area contributed by atoms with Gasteiger partial charge in [0, 0.05) is 44.0 Å². The van der Waals surface area contributed by atoms with Gasteiger partial charge in [-0.3, -0.25) is 10.3 Å². The van der Waals surface area contributed by atoms with Crippen LogP contribution in [0.25, 0.3) is 0 Å². The highest BCUT2D eigenvalue weighted by atomic mass is 16.5. The predicted molar refractivity (Wildman–Crippen MR) is 96.9 cm³/mol. The molecular formula is C18H24N6O2. The lowest BCUT2D eigenvalue weighted by Crippen LogP contribution is -2.50. The molecule has 2 amide bonds. The van der Waals surface area contributed by atoms with Gasteiger partial charge >= 0.3 is 6.03 Å². The second-order valence-electron chi connectivity index (χ2n) is 6.95. The summed E-state index contributed by atoms with van der Waals surface area (Å²) in [4.78, 5) is 16.9. The molecule has 0 aliphatic carbocycles. The van der Waals surface area contributed by atoms with Gasteiger partial charge in [0.1, 0.15) is 5.82 Å². The van der Waals surface area contributed by atoms with Crippen LogP contribution in [0.1, 0.15) is 18.5 Å². The fraction of sp³-hybridized carbons (Fsp3) is 0.500. The second-order valence-corrected chi connectivity index (χ2v) is 6.95. The zero-order valence-corrected chi connectivity index (χ0v) is 14.6. The Balaban J connectivity index is 1.39. The van der Waals surface area contributed by atoms with Crippen molar-refractivity contribution in [3.63, 3.8) is 0 Å². The number of amides is 2. The molecule has 2 aromatic heterocycles.